The molecule has 0 radical (unpaired) electrons. The van der Waals surface area contributed by atoms with Crippen molar-refractivity contribution in [2.75, 3.05) is 23.7 Å². The van der Waals surface area contributed by atoms with Gasteiger partial charge in [-0.25, -0.2) is 9.97 Å². The maximum Gasteiger partial charge on any atom is 0.267 e. The average Bonchev–Trinajstić information content (AvgIpc) is 3.93. The Labute approximate surface area is 328 Å². The van der Waals surface area contributed by atoms with Crippen molar-refractivity contribution in [3.8, 4) is 22.5 Å². The number of aromatic nitrogens is 2. The van der Waals surface area contributed by atoms with Crippen LogP contribution >= 0.6 is 70.6 Å². The van der Waals surface area contributed by atoms with Crippen molar-refractivity contribution in [1.82, 2.24) is 19.8 Å². The first-order valence-electron chi connectivity index (χ1n) is 16.7. The minimum absolute atomic E-state index is 0.100. The van der Waals surface area contributed by atoms with Gasteiger partial charge in [0.25, 0.3) is 11.8 Å². The molecule has 0 bridgehead atoms. The molecule has 4 heterocycles. The smallest absolute Gasteiger partial charge is 0.267 e. The molecule has 268 valence electrons. The van der Waals surface area contributed by atoms with E-state index in [4.69, 9.17) is 24.4 Å². The number of thiazole rings is 2. The largest absolute Gasteiger partial charge is 0.302 e. The number of thioether (sulfide) groups is 2. The third-order valence-corrected chi connectivity index (χ3v) is 12.7. The van der Waals surface area contributed by atoms with Crippen LogP contribution < -0.4 is 10.6 Å². The molecule has 2 aliphatic heterocycles. The summed E-state index contributed by atoms with van der Waals surface area (Å²) >= 11 is 16.1. The molecular weight excluding hydrogens is 773 g/mol. The molecule has 0 saturated carbocycles. The zero-order chi connectivity index (χ0) is 36.5. The first-order valence-corrected chi connectivity index (χ1v) is 20.9. The molecule has 0 aliphatic carbocycles. The van der Waals surface area contributed by atoms with Gasteiger partial charge in [-0.15, -0.1) is 22.7 Å². The summed E-state index contributed by atoms with van der Waals surface area (Å²) in [6, 6.07) is 19.6. The van der Waals surface area contributed by atoms with Crippen LogP contribution in [0, 0.1) is 0 Å². The quantitative estimate of drug-likeness (QED) is 0.0647. The van der Waals surface area contributed by atoms with Crippen molar-refractivity contribution < 1.29 is 19.2 Å². The molecule has 0 atom stereocenters. The van der Waals surface area contributed by atoms with Crippen molar-refractivity contribution in [1.29, 1.82) is 0 Å². The van der Waals surface area contributed by atoms with Gasteiger partial charge < -0.3 is 10.6 Å². The highest BCUT2D eigenvalue weighted by atomic mass is 32.2. The Morgan fingerprint density at radius 2 is 1.00 bits per heavy atom. The van der Waals surface area contributed by atoms with Gasteiger partial charge in [0, 0.05) is 47.8 Å². The summed E-state index contributed by atoms with van der Waals surface area (Å²) in [6.45, 7) is 0.820. The van der Waals surface area contributed by atoms with Crippen molar-refractivity contribution >= 4 is 113 Å². The van der Waals surface area contributed by atoms with Gasteiger partial charge in [0.05, 0.1) is 21.2 Å². The Hall–Kier alpha value is -3.80. The number of hydrogen-bond acceptors (Lipinski definition) is 12. The van der Waals surface area contributed by atoms with Crippen molar-refractivity contribution in [3.05, 3.63) is 81.2 Å². The normalized spacial score (nSPS) is 15.9. The minimum Gasteiger partial charge on any atom is -0.302 e. The number of nitrogens with one attached hydrogen (secondary N) is 2. The molecule has 2 N–H and O–H groups in total. The standard InChI is InChI=1S/C36H34N6O4S6/c43-27(39-33-37-25(21-49-33)23-13-5-1-6-14-23)17-9-3-11-19-41-31(45)29(51-35(41)47)30-32(46)42(36(48)52-30)20-12-4-10-18-28(44)40-34-38-26(22-50-34)24-15-7-2-8-16-24/h1-2,5-8,13-16,21-22H,3-4,9-12,17-20H2,(H,37,39,43)(H,38,40,44). The maximum absolute atomic E-state index is 13.3. The number of benzene rings is 2. The highest BCUT2D eigenvalue weighted by Crippen LogP contribution is 2.42. The third-order valence-electron chi connectivity index (χ3n) is 8.12. The molecule has 2 aliphatic rings. The van der Waals surface area contributed by atoms with Gasteiger partial charge in [0.2, 0.25) is 11.8 Å². The molecule has 10 nitrogen and oxygen atoms in total. The van der Waals surface area contributed by atoms with E-state index in [9.17, 15) is 19.2 Å². The topological polar surface area (TPSA) is 125 Å². The second kappa shape index (κ2) is 18.3. The van der Waals surface area contributed by atoms with Crippen LogP contribution in [0.3, 0.4) is 0 Å². The van der Waals surface area contributed by atoms with Gasteiger partial charge in [-0.2, -0.15) is 0 Å². The molecule has 0 spiro atoms. The highest BCUT2D eigenvalue weighted by molar-refractivity contribution is 8.29. The van der Waals surface area contributed by atoms with Crippen LogP contribution in [0.1, 0.15) is 51.4 Å². The molecule has 16 heteroatoms. The summed E-state index contributed by atoms with van der Waals surface area (Å²) in [5.41, 5.74) is 3.65. The lowest BCUT2D eigenvalue weighted by molar-refractivity contribution is -0.124. The Bertz CT molecular complexity index is 1860. The van der Waals surface area contributed by atoms with Gasteiger partial charge >= 0.3 is 0 Å². The van der Waals surface area contributed by atoms with E-state index in [1.54, 1.807) is 0 Å². The molecule has 6 rings (SSSR count). The average molecular weight is 807 g/mol. The first-order chi connectivity index (χ1) is 25.3. The first kappa shape index (κ1) is 37.9. The van der Waals surface area contributed by atoms with Gasteiger partial charge in [-0.3, -0.25) is 29.0 Å². The molecule has 52 heavy (non-hydrogen) atoms. The number of anilines is 2. The summed E-state index contributed by atoms with van der Waals surface area (Å²) < 4.78 is 0.821. The monoisotopic (exact) mass is 806 g/mol. The number of carbonyl (C=O) groups is 4. The summed E-state index contributed by atoms with van der Waals surface area (Å²) in [4.78, 5) is 64.3. The molecule has 2 aromatic heterocycles. The lowest BCUT2D eigenvalue weighted by Crippen LogP contribution is -2.31. The van der Waals surface area contributed by atoms with Crippen LogP contribution in [0.4, 0.5) is 10.3 Å². The van der Waals surface area contributed by atoms with Crippen LogP contribution in [0.5, 0.6) is 0 Å². The summed E-state index contributed by atoms with van der Waals surface area (Å²) in [6.07, 6.45) is 4.80. The molecule has 4 amide bonds. The fraction of sp³-hybridized carbons (Fsp3) is 0.278. The molecule has 0 unspecified atom stereocenters. The predicted octanol–water partition coefficient (Wildman–Crippen LogP) is 8.56. The van der Waals surface area contributed by atoms with Gasteiger partial charge in [-0.05, 0) is 25.7 Å². The zero-order valence-corrected chi connectivity index (χ0v) is 32.8. The SMILES string of the molecule is O=C(CCCCCN1C(=O)C(=C2SC(=S)N(CCCCCC(=O)Nc3nc(-c4ccccc4)cs3)C2=O)SC1=S)Nc1nc(-c2ccccc2)cs1. The second-order valence-corrected chi connectivity index (χ2v) is 16.8. The van der Waals surface area contributed by atoms with E-state index in [0.717, 1.165) is 58.9 Å². The maximum atomic E-state index is 13.3. The molecule has 4 aromatic rings. The van der Waals surface area contributed by atoms with E-state index in [0.29, 0.717) is 80.3 Å². The Kier molecular flexibility index (Phi) is 13.4. The molecule has 2 saturated heterocycles. The second-order valence-electron chi connectivity index (χ2n) is 11.8. The fourth-order valence-corrected chi connectivity index (χ4v) is 9.67. The fourth-order valence-electron chi connectivity index (χ4n) is 5.43. The highest BCUT2D eigenvalue weighted by Gasteiger charge is 2.41. The van der Waals surface area contributed by atoms with E-state index in [1.165, 1.54) is 32.5 Å². The van der Waals surface area contributed by atoms with Crippen LogP contribution in [0.15, 0.2) is 81.2 Å². The third kappa shape index (κ3) is 9.79. The number of thiocarbonyl (C=S) groups is 2. The minimum atomic E-state index is -0.284. The Morgan fingerprint density at radius 1 is 0.596 bits per heavy atom. The number of unbranched alkanes of at least 4 members (excludes halogenated alkanes) is 4. The summed E-state index contributed by atoms with van der Waals surface area (Å²) in [7, 11) is 0. The van der Waals surface area contributed by atoms with Crippen molar-refractivity contribution in [2.45, 2.75) is 51.4 Å². The lowest BCUT2D eigenvalue weighted by atomic mass is 10.2. The summed E-state index contributed by atoms with van der Waals surface area (Å²) in [5.74, 6) is -0.769. The van der Waals surface area contributed by atoms with Crippen LogP contribution in [0.25, 0.3) is 22.5 Å². The number of hydrogen-bond donors (Lipinski definition) is 2. The van der Waals surface area contributed by atoms with Gasteiger partial charge in [0.1, 0.15) is 8.64 Å². The van der Waals surface area contributed by atoms with Crippen molar-refractivity contribution in [2.24, 2.45) is 0 Å². The Morgan fingerprint density at radius 3 is 1.40 bits per heavy atom. The van der Waals surface area contributed by atoms with Gasteiger partial charge in [0.15, 0.2) is 10.3 Å². The van der Waals surface area contributed by atoms with E-state index in [2.05, 4.69) is 20.6 Å². The Balaban J connectivity index is 0.883. The molecule has 2 aromatic carbocycles. The van der Waals surface area contributed by atoms with E-state index >= 15 is 0 Å². The molecular formula is C36H34N6O4S6. The van der Waals surface area contributed by atoms with Crippen LogP contribution in [-0.2, 0) is 19.2 Å². The van der Waals surface area contributed by atoms with Crippen LogP contribution in [-0.4, -0.2) is 65.1 Å². The summed E-state index contributed by atoms with van der Waals surface area (Å²) in [5, 5.41) is 10.7. The zero-order valence-electron chi connectivity index (χ0n) is 27.9. The van der Waals surface area contributed by atoms with E-state index < -0.39 is 0 Å². The van der Waals surface area contributed by atoms with E-state index in [-0.39, 0.29) is 23.6 Å². The predicted molar refractivity (Wildman–Crippen MR) is 220 cm³/mol. The number of rotatable bonds is 16. The molecule has 2 fully saturated rings. The van der Waals surface area contributed by atoms with Gasteiger partial charge in [-0.1, -0.05) is 121 Å². The van der Waals surface area contributed by atoms with Crippen LogP contribution in [0.2, 0.25) is 0 Å². The number of nitrogens with zero attached hydrogens (tertiary/aromatic N) is 4. The van der Waals surface area contributed by atoms with E-state index in [1.807, 2.05) is 71.4 Å². The lowest BCUT2D eigenvalue weighted by Gasteiger charge is -2.14. The number of amides is 4. The van der Waals surface area contributed by atoms with Crippen molar-refractivity contribution in [3.63, 3.8) is 0 Å². The number of carbonyl (C=O) groups excluding carboxylic acids is 4.